The molecular formula is C34H70N2O6P+. The summed E-state index contributed by atoms with van der Waals surface area (Å²) in [5.41, 5.74) is 0. The molecule has 8 nitrogen and oxygen atoms in total. The molecule has 9 heteroatoms. The molecule has 0 heterocycles. The lowest BCUT2D eigenvalue weighted by atomic mass is 10.0. The highest BCUT2D eigenvalue weighted by molar-refractivity contribution is 7.47. The number of likely N-dealkylation sites (N-methyl/N-ethyl adjacent to an activating group) is 1. The van der Waals surface area contributed by atoms with Crippen molar-refractivity contribution in [2.45, 2.75) is 161 Å². The molecule has 3 N–H and O–H groups in total. The van der Waals surface area contributed by atoms with Gasteiger partial charge in [0.2, 0.25) is 5.91 Å². The first-order valence-electron chi connectivity index (χ1n) is 17.6. The fourth-order valence-electron chi connectivity index (χ4n) is 4.86. The molecule has 0 aliphatic carbocycles. The van der Waals surface area contributed by atoms with Crippen molar-refractivity contribution in [3.05, 3.63) is 12.2 Å². The Hall–Kier alpha value is -0.760. The van der Waals surface area contributed by atoms with Crippen LogP contribution in [0.4, 0.5) is 0 Å². The van der Waals surface area contributed by atoms with Gasteiger partial charge in [0, 0.05) is 6.42 Å². The van der Waals surface area contributed by atoms with E-state index in [9.17, 15) is 19.4 Å². The summed E-state index contributed by atoms with van der Waals surface area (Å²) in [6.45, 7) is 4.67. The third kappa shape index (κ3) is 29.7. The number of phosphoric ester groups is 1. The summed E-state index contributed by atoms with van der Waals surface area (Å²) in [6, 6.07) is -0.835. The minimum atomic E-state index is -4.31. The van der Waals surface area contributed by atoms with Crippen LogP contribution >= 0.6 is 7.82 Å². The van der Waals surface area contributed by atoms with Crippen molar-refractivity contribution in [1.82, 2.24) is 5.32 Å². The number of hydrogen-bond donors (Lipinski definition) is 3. The maximum atomic E-state index is 12.5. The summed E-state index contributed by atoms with van der Waals surface area (Å²) in [4.78, 5) is 22.6. The van der Waals surface area contributed by atoms with Crippen LogP contribution in [0.15, 0.2) is 12.2 Å². The minimum Gasteiger partial charge on any atom is -0.387 e. The molecule has 0 aromatic heterocycles. The number of phosphoric acid groups is 1. The highest BCUT2D eigenvalue weighted by Gasteiger charge is 2.27. The second-order valence-electron chi connectivity index (χ2n) is 13.3. The monoisotopic (exact) mass is 633 g/mol. The molecule has 0 radical (unpaired) electrons. The standard InChI is InChI=1S/C34H69N2O6P/c1-6-8-10-12-13-14-15-16-17-18-19-20-21-22-23-24-25-27-33(37)32(35-34(38)28-26-11-9-7-2)31-42-43(39,40)41-30-29-36(3,4)5/h25,27,32-33,37H,6-24,26,28-31H2,1-5H3,(H-,35,38,39,40)/p+1/b27-25+. The molecule has 0 fully saturated rings. The number of rotatable bonds is 31. The van der Waals surface area contributed by atoms with Crippen LogP contribution in [-0.4, -0.2) is 73.4 Å². The minimum absolute atomic E-state index is 0.0629. The third-order valence-corrected chi connectivity index (χ3v) is 8.74. The van der Waals surface area contributed by atoms with Crippen molar-refractivity contribution in [2.75, 3.05) is 40.9 Å². The second-order valence-corrected chi connectivity index (χ2v) is 14.7. The van der Waals surface area contributed by atoms with Gasteiger partial charge in [-0.15, -0.1) is 0 Å². The van der Waals surface area contributed by atoms with E-state index in [2.05, 4.69) is 19.2 Å². The second kappa shape index (κ2) is 27.5. The van der Waals surface area contributed by atoms with Crippen LogP contribution in [0.1, 0.15) is 149 Å². The Bertz CT molecular complexity index is 728. The van der Waals surface area contributed by atoms with Crippen LogP contribution in [0.25, 0.3) is 0 Å². The zero-order valence-corrected chi connectivity index (χ0v) is 29.6. The maximum Gasteiger partial charge on any atom is 0.472 e. The number of aliphatic hydroxyl groups is 1. The van der Waals surface area contributed by atoms with Crippen LogP contribution < -0.4 is 5.32 Å². The van der Waals surface area contributed by atoms with Gasteiger partial charge in [-0.25, -0.2) is 4.57 Å². The molecule has 0 saturated heterocycles. The van der Waals surface area contributed by atoms with Gasteiger partial charge in [0.1, 0.15) is 13.2 Å². The Balaban J connectivity index is 4.34. The average molecular weight is 634 g/mol. The van der Waals surface area contributed by atoms with Crippen LogP contribution in [0, 0.1) is 0 Å². The number of aliphatic hydroxyl groups excluding tert-OH is 1. The molecule has 3 atom stereocenters. The Morgan fingerprint density at radius 3 is 1.72 bits per heavy atom. The topological polar surface area (TPSA) is 105 Å². The number of nitrogens with zero attached hydrogens (tertiary/aromatic N) is 1. The van der Waals surface area contributed by atoms with Gasteiger partial charge in [-0.3, -0.25) is 13.8 Å². The van der Waals surface area contributed by atoms with E-state index in [1.165, 1.54) is 83.5 Å². The van der Waals surface area contributed by atoms with Crippen LogP contribution in [-0.2, 0) is 18.4 Å². The van der Waals surface area contributed by atoms with Gasteiger partial charge < -0.3 is 19.8 Å². The van der Waals surface area contributed by atoms with E-state index in [1.54, 1.807) is 6.08 Å². The number of amides is 1. The normalized spacial score (nSPS) is 15.0. The van der Waals surface area contributed by atoms with Crippen molar-refractivity contribution in [3.63, 3.8) is 0 Å². The van der Waals surface area contributed by atoms with Crippen LogP contribution in [0.2, 0.25) is 0 Å². The summed E-state index contributed by atoms with van der Waals surface area (Å²) >= 11 is 0. The number of nitrogens with one attached hydrogen (secondary N) is 1. The molecule has 0 aromatic carbocycles. The molecule has 3 unspecified atom stereocenters. The first-order valence-corrected chi connectivity index (χ1v) is 19.1. The number of quaternary nitrogens is 1. The molecule has 256 valence electrons. The van der Waals surface area contributed by atoms with E-state index < -0.39 is 20.0 Å². The number of allylic oxidation sites excluding steroid dienone is 1. The van der Waals surface area contributed by atoms with E-state index in [1.807, 2.05) is 27.2 Å². The van der Waals surface area contributed by atoms with E-state index in [4.69, 9.17) is 9.05 Å². The molecule has 0 spiro atoms. The van der Waals surface area contributed by atoms with E-state index in [0.717, 1.165) is 44.9 Å². The van der Waals surface area contributed by atoms with Crippen LogP contribution in [0.5, 0.6) is 0 Å². The molecule has 43 heavy (non-hydrogen) atoms. The molecule has 0 rings (SSSR count). The molecule has 0 aliphatic heterocycles. The highest BCUT2D eigenvalue weighted by Crippen LogP contribution is 2.43. The Morgan fingerprint density at radius 1 is 0.767 bits per heavy atom. The lowest BCUT2D eigenvalue weighted by Gasteiger charge is -2.25. The Morgan fingerprint density at radius 2 is 1.23 bits per heavy atom. The summed E-state index contributed by atoms with van der Waals surface area (Å²) < 4.78 is 23.2. The lowest BCUT2D eigenvalue weighted by molar-refractivity contribution is -0.870. The third-order valence-electron chi connectivity index (χ3n) is 7.76. The van der Waals surface area contributed by atoms with Crippen molar-refractivity contribution < 1.29 is 32.9 Å². The van der Waals surface area contributed by atoms with Gasteiger partial charge >= 0.3 is 7.82 Å². The lowest BCUT2D eigenvalue weighted by Crippen LogP contribution is -2.45. The molecular weight excluding hydrogens is 563 g/mol. The van der Waals surface area contributed by atoms with E-state index >= 15 is 0 Å². The average Bonchev–Trinajstić information content (AvgIpc) is 2.94. The molecule has 0 saturated carbocycles. The number of carbonyl (C=O) groups excluding carboxylic acids is 1. The summed E-state index contributed by atoms with van der Waals surface area (Å²) in [5, 5.41) is 13.6. The Kier molecular flexibility index (Phi) is 27.1. The molecule has 1 amide bonds. The first-order chi connectivity index (χ1) is 20.5. The highest BCUT2D eigenvalue weighted by atomic mass is 31.2. The van der Waals surface area contributed by atoms with E-state index in [0.29, 0.717) is 17.4 Å². The van der Waals surface area contributed by atoms with Gasteiger partial charge in [-0.05, 0) is 19.3 Å². The first kappa shape index (κ1) is 42.2. The van der Waals surface area contributed by atoms with Crippen molar-refractivity contribution >= 4 is 13.7 Å². The molecule has 0 aromatic rings. The van der Waals surface area contributed by atoms with Gasteiger partial charge in [0.05, 0.1) is 39.9 Å². The molecule has 0 bridgehead atoms. The fourth-order valence-corrected chi connectivity index (χ4v) is 5.60. The van der Waals surface area contributed by atoms with Crippen LogP contribution in [0.3, 0.4) is 0 Å². The molecule has 0 aliphatic rings. The van der Waals surface area contributed by atoms with Gasteiger partial charge in [-0.2, -0.15) is 0 Å². The van der Waals surface area contributed by atoms with Gasteiger partial charge in [0.25, 0.3) is 0 Å². The van der Waals surface area contributed by atoms with Gasteiger partial charge in [0.15, 0.2) is 0 Å². The van der Waals surface area contributed by atoms with E-state index in [-0.39, 0.29) is 19.1 Å². The summed E-state index contributed by atoms with van der Waals surface area (Å²) in [5.74, 6) is -0.196. The van der Waals surface area contributed by atoms with Crippen molar-refractivity contribution in [2.24, 2.45) is 0 Å². The Labute approximate surface area is 265 Å². The largest absolute Gasteiger partial charge is 0.472 e. The predicted molar refractivity (Wildman–Crippen MR) is 180 cm³/mol. The zero-order valence-electron chi connectivity index (χ0n) is 28.7. The number of carbonyl (C=O) groups is 1. The van der Waals surface area contributed by atoms with Crippen molar-refractivity contribution in [1.29, 1.82) is 0 Å². The SMILES string of the molecule is CCCCCCCCCCCCCCCCC/C=C/C(O)C(COP(=O)(O)OCC[N+](C)(C)C)NC(=O)CCCCCC. The fraction of sp³-hybridized carbons (Fsp3) is 0.912. The summed E-state index contributed by atoms with van der Waals surface area (Å²) in [6.07, 6.45) is 27.5. The predicted octanol–water partition coefficient (Wildman–Crippen LogP) is 8.46. The zero-order chi connectivity index (χ0) is 32.2. The summed E-state index contributed by atoms with van der Waals surface area (Å²) in [7, 11) is 1.57. The quantitative estimate of drug-likeness (QED) is 0.0306. The maximum absolute atomic E-state index is 12.5. The van der Waals surface area contributed by atoms with Crippen molar-refractivity contribution in [3.8, 4) is 0 Å². The number of hydrogen-bond acceptors (Lipinski definition) is 5. The smallest absolute Gasteiger partial charge is 0.387 e. The van der Waals surface area contributed by atoms with Gasteiger partial charge in [-0.1, -0.05) is 135 Å². The number of unbranched alkanes of at least 4 members (excludes halogenated alkanes) is 18.